The molecule has 0 amide bonds. The second-order valence-corrected chi connectivity index (χ2v) is 7.03. The highest BCUT2D eigenvalue weighted by Crippen LogP contribution is 2.33. The van der Waals surface area contributed by atoms with E-state index < -0.39 is 0 Å². The molecule has 0 aliphatic rings. The van der Waals surface area contributed by atoms with E-state index in [4.69, 9.17) is 40.2 Å². The van der Waals surface area contributed by atoms with Crippen LogP contribution in [0.5, 0.6) is 5.75 Å². The van der Waals surface area contributed by atoms with Gasteiger partial charge in [0, 0.05) is 28.5 Å². The van der Waals surface area contributed by atoms with Crippen molar-refractivity contribution in [1.29, 1.82) is 0 Å². The Labute approximate surface area is 166 Å². The van der Waals surface area contributed by atoms with Crippen molar-refractivity contribution < 1.29 is 4.74 Å². The number of halogens is 2. The standard InChI is InChI=1S/C17H17Cl2N5OS/c1-10(2)25-15-12(7-13(18)8-14(15)19)9-21-24-16(22-23-17(24)26)11-3-5-20-6-4-11/h3-8,10,21H,9H2,1-2H3,(H,23,26). The maximum absolute atomic E-state index is 6.31. The van der Waals surface area contributed by atoms with Crippen LogP contribution >= 0.6 is 35.4 Å². The molecule has 2 heterocycles. The van der Waals surface area contributed by atoms with Crippen molar-refractivity contribution in [3.63, 3.8) is 0 Å². The Morgan fingerprint density at radius 1 is 1.27 bits per heavy atom. The van der Waals surface area contributed by atoms with Crippen molar-refractivity contribution in [2.45, 2.75) is 26.5 Å². The van der Waals surface area contributed by atoms with Gasteiger partial charge < -0.3 is 10.2 Å². The van der Waals surface area contributed by atoms with E-state index in [-0.39, 0.29) is 6.10 Å². The number of nitrogens with one attached hydrogen (secondary N) is 2. The highest BCUT2D eigenvalue weighted by atomic mass is 35.5. The average Bonchev–Trinajstić information content (AvgIpc) is 2.97. The van der Waals surface area contributed by atoms with Crippen LogP contribution in [0.3, 0.4) is 0 Å². The SMILES string of the molecule is CC(C)Oc1c(Cl)cc(Cl)cc1CNn1c(-c2ccncc2)n[nH]c1=S. The molecule has 6 nitrogen and oxygen atoms in total. The molecule has 1 aromatic carbocycles. The van der Waals surface area contributed by atoms with E-state index in [2.05, 4.69) is 20.6 Å². The highest BCUT2D eigenvalue weighted by Gasteiger charge is 2.14. The minimum atomic E-state index is -0.0177. The molecule has 0 aliphatic heterocycles. The molecule has 0 spiro atoms. The summed E-state index contributed by atoms with van der Waals surface area (Å²) < 4.78 is 7.98. The first-order valence-electron chi connectivity index (χ1n) is 7.92. The number of rotatable bonds is 6. The van der Waals surface area contributed by atoms with Crippen molar-refractivity contribution in [3.05, 3.63) is 57.0 Å². The van der Waals surface area contributed by atoms with Crippen LogP contribution < -0.4 is 10.2 Å². The second-order valence-electron chi connectivity index (χ2n) is 5.80. The molecule has 0 atom stereocenters. The molecule has 9 heteroatoms. The zero-order valence-corrected chi connectivity index (χ0v) is 16.5. The van der Waals surface area contributed by atoms with Gasteiger partial charge >= 0.3 is 0 Å². The van der Waals surface area contributed by atoms with Gasteiger partial charge in [0.05, 0.1) is 17.7 Å². The molecule has 0 fully saturated rings. The lowest BCUT2D eigenvalue weighted by molar-refractivity contribution is 0.240. The fourth-order valence-electron chi connectivity index (χ4n) is 2.42. The summed E-state index contributed by atoms with van der Waals surface area (Å²) in [5, 5.41) is 8.07. The number of aromatic nitrogens is 4. The van der Waals surface area contributed by atoms with Gasteiger partial charge in [0.1, 0.15) is 5.75 Å². The summed E-state index contributed by atoms with van der Waals surface area (Å²) >= 11 is 17.8. The van der Waals surface area contributed by atoms with Crippen LogP contribution in [0.15, 0.2) is 36.7 Å². The summed E-state index contributed by atoms with van der Waals surface area (Å²) in [6, 6.07) is 7.18. The Morgan fingerprint density at radius 2 is 2.00 bits per heavy atom. The Balaban J connectivity index is 1.91. The molecule has 26 heavy (non-hydrogen) atoms. The number of hydrogen-bond donors (Lipinski definition) is 2. The average molecular weight is 410 g/mol. The molecule has 136 valence electrons. The van der Waals surface area contributed by atoms with E-state index in [1.807, 2.05) is 32.0 Å². The molecule has 0 aliphatic carbocycles. The molecule has 2 aromatic heterocycles. The largest absolute Gasteiger partial charge is 0.489 e. The van der Waals surface area contributed by atoms with Gasteiger partial charge in [-0.15, -0.1) is 0 Å². The van der Waals surface area contributed by atoms with Gasteiger partial charge in [-0.05, 0) is 50.3 Å². The van der Waals surface area contributed by atoms with Crippen molar-refractivity contribution in [2.75, 3.05) is 5.43 Å². The van der Waals surface area contributed by atoms with Gasteiger partial charge in [-0.1, -0.05) is 23.2 Å². The number of pyridine rings is 1. The molecular formula is C17H17Cl2N5OS. The quantitative estimate of drug-likeness (QED) is 0.570. The lowest BCUT2D eigenvalue weighted by atomic mass is 10.2. The minimum absolute atomic E-state index is 0.0177. The summed E-state index contributed by atoms with van der Waals surface area (Å²) in [7, 11) is 0. The Hall–Kier alpha value is -2.09. The van der Waals surface area contributed by atoms with Gasteiger partial charge in [-0.3, -0.25) is 4.98 Å². The maximum atomic E-state index is 6.31. The third-order valence-corrected chi connectivity index (χ3v) is 4.25. The molecule has 0 unspecified atom stereocenters. The van der Waals surface area contributed by atoms with E-state index in [0.717, 1.165) is 11.1 Å². The van der Waals surface area contributed by atoms with E-state index in [1.165, 1.54) is 0 Å². The summed E-state index contributed by atoms with van der Waals surface area (Å²) in [6.07, 6.45) is 3.38. The minimum Gasteiger partial charge on any atom is -0.489 e. The number of benzene rings is 1. The Bertz CT molecular complexity index is 956. The fourth-order valence-corrected chi connectivity index (χ4v) is 3.19. The van der Waals surface area contributed by atoms with E-state index >= 15 is 0 Å². The lowest BCUT2D eigenvalue weighted by Crippen LogP contribution is -2.17. The molecule has 0 saturated carbocycles. The highest BCUT2D eigenvalue weighted by molar-refractivity contribution is 7.71. The van der Waals surface area contributed by atoms with Crippen LogP contribution in [-0.4, -0.2) is 26.0 Å². The maximum Gasteiger partial charge on any atom is 0.214 e. The topological polar surface area (TPSA) is 67.8 Å². The zero-order chi connectivity index (χ0) is 18.7. The van der Waals surface area contributed by atoms with Crippen LogP contribution in [0.2, 0.25) is 10.0 Å². The summed E-state index contributed by atoms with van der Waals surface area (Å²) in [4.78, 5) is 4.02. The second kappa shape index (κ2) is 8.07. The fraction of sp³-hybridized carbons (Fsp3) is 0.235. The van der Waals surface area contributed by atoms with Crippen LogP contribution in [0.1, 0.15) is 19.4 Å². The van der Waals surface area contributed by atoms with Crippen molar-refractivity contribution in [3.8, 4) is 17.1 Å². The number of nitrogens with zero attached hydrogens (tertiary/aromatic N) is 3. The summed E-state index contributed by atoms with van der Waals surface area (Å²) in [5.74, 6) is 1.25. The van der Waals surface area contributed by atoms with E-state index in [1.54, 1.807) is 23.1 Å². The third-order valence-electron chi connectivity index (χ3n) is 3.48. The third kappa shape index (κ3) is 4.17. The van der Waals surface area contributed by atoms with Crippen LogP contribution in [-0.2, 0) is 6.54 Å². The predicted octanol–water partition coefficient (Wildman–Crippen LogP) is 4.84. The number of hydrogen-bond acceptors (Lipinski definition) is 5. The first-order valence-corrected chi connectivity index (χ1v) is 9.08. The van der Waals surface area contributed by atoms with E-state index in [9.17, 15) is 0 Å². The number of H-pyrrole nitrogens is 1. The normalized spacial score (nSPS) is 11.0. The van der Waals surface area contributed by atoms with Crippen LogP contribution in [0.25, 0.3) is 11.4 Å². The monoisotopic (exact) mass is 409 g/mol. The van der Waals surface area contributed by atoms with Gasteiger partial charge in [-0.2, -0.15) is 5.10 Å². The van der Waals surface area contributed by atoms with Gasteiger partial charge in [0.2, 0.25) is 4.77 Å². The predicted molar refractivity (Wildman–Crippen MR) is 106 cm³/mol. The molecular weight excluding hydrogens is 393 g/mol. The lowest BCUT2D eigenvalue weighted by Gasteiger charge is -2.17. The summed E-state index contributed by atoms with van der Waals surface area (Å²) in [6.45, 7) is 4.28. The van der Waals surface area contributed by atoms with Gasteiger partial charge in [0.15, 0.2) is 5.82 Å². The first-order chi connectivity index (χ1) is 12.5. The Kier molecular flexibility index (Phi) is 5.80. The smallest absolute Gasteiger partial charge is 0.214 e. The molecule has 3 aromatic rings. The van der Waals surface area contributed by atoms with Crippen LogP contribution in [0, 0.1) is 4.77 Å². The van der Waals surface area contributed by atoms with Crippen molar-refractivity contribution in [1.82, 2.24) is 19.9 Å². The number of aromatic amines is 1. The molecule has 0 saturated heterocycles. The van der Waals surface area contributed by atoms with Crippen molar-refractivity contribution >= 4 is 35.4 Å². The Morgan fingerprint density at radius 3 is 2.69 bits per heavy atom. The number of ether oxygens (including phenoxy) is 1. The summed E-state index contributed by atoms with van der Waals surface area (Å²) in [5.41, 5.74) is 4.94. The van der Waals surface area contributed by atoms with Gasteiger partial charge in [0.25, 0.3) is 0 Å². The van der Waals surface area contributed by atoms with Crippen molar-refractivity contribution in [2.24, 2.45) is 0 Å². The molecule has 2 N–H and O–H groups in total. The van der Waals surface area contributed by atoms with E-state index in [0.29, 0.717) is 32.9 Å². The molecule has 0 radical (unpaired) electrons. The molecule has 3 rings (SSSR count). The first kappa shape index (κ1) is 18.7. The molecule has 0 bridgehead atoms. The van der Waals surface area contributed by atoms with Gasteiger partial charge in [-0.25, -0.2) is 9.77 Å². The van der Waals surface area contributed by atoms with Crippen LogP contribution in [0.4, 0.5) is 0 Å². The zero-order valence-electron chi connectivity index (χ0n) is 14.2.